The summed E-state index contributed by atoms with van der Waals surface area (Å²) in [7, 11) is -3.00. The molecule has 0 amide bonds. The largest absolute Gasteiger partial charge is 0.328 e. The third-order valence-electron chi connectivity index (χ3n) is 4.12. The van der Waals surface area contributed by atoms with E-state index < -0.39 is 10.0 Å². The molecule has 1 heterocycles. The second-order valence-electron chi connectivity index (χ2n) is 5.64. The molecular formula is C12H24N2O2S. The molecule has 1 saturated heterocycles. The molecule has 0 aromatic heterocycles. The Kier molecular flexibility index (Phi) is 4.10. The molecule has 5 heteroatoms. The van der Waals surface area contributed by atoms with Crippen molar-refractivity contribution >= 4 is 10.0 Å². The number of sulfonamides is 1. The van der Waals surface area contributed by atoms with Crippen LogP contribution in [0.3, 0.4) is 0 Å². The minimum atomic E-state index is -3.00. The Morgan fingerprint density at radius 2 is 1.82 bits per heavy atom. The summed E-state index contributed by atoms with van der Waals surface area (Å²) in [6, 6.07) is 0.186. The van der Waals surface area contributed by atoms with E-state index in [1.165, 1.54) is 12.8 Å². The third kappa shape index (κ3) is 3.66. The number of hydrogen-bond donors (Lipinski definition) is 1. The number of hydrogen-bond acceptors (Lipinski definition) is 3. The molecule has 1 aliphatic heterocycles. The molecule has 100 valence electrons. The van der Waals surface area contributed by atoms with E-state index in [1.807, 2.05) is 6.92 Å². The van der Waals surface area contributed by atoms with Crippen LogP contribution in [0.15, 0.2) is 0 Å². The van der Waals surface area contributed by atoms with Crippen LogP contribution < -0.4 is 5.73 Å². The Morgan fingerprint density at radius 3 is 2.29 bits per heavy atom. The van der Waals surface area contributed by atoms with Crippen molar-refractivity contribution < 1.29 is 8.42 Å². The highest BCUT2D eigenvalue weighted by Crippen LogP contribution is 2.33. The monoisotopic (exact) mass is 260 g/mol. The van der Waals surface area contributed by atoms with E-state index in [-0.39, 0.29) is 6.04 Å². The van der Waals surface area contributed by atoms with Crippen molar-refractivity contribution in [3.63, 3.8) is 0 Å². The van der Waals surface area contributed by atoms with Gasteiger partial charge in [-0.2, -0.15) is 0 Å². The highest BCUT2D eigenvalue weighted by Gasteiger charge is 2.31. The molecule has 2 N–H and O–H groups in total. The maximum absolute atomic E-state index is 12.1. The van der Waals surface area contributed by atoms with E-state index in [1.54, 1.807) is 4.31 Å². The van der Waals surface area contributed by atoms with Crippen LogP contribution in [0.5, 0.6) is 0 Å². The van der Waals surface area contributed by atoms with Crippen molar-refractivity contribution in [1.29, 1.82) is 0 Å². The second-order valence-corrected chi connectivity index (χ2v) is 7.73. The molecule has 4 nitrogen and oxygen atoms in total. The smallest absolute Gasteiger partial charge is 0.214 e. The van der Waals surface area contributed by atoms with Gasteiger partial charge >= 0.3 is 0 Å². The van der Waals surface area contributed by atoms with Gasteiger partial charge in [0.25, 0.3) is 0 Å². The molecule has 1 saturated carbocycles. The van der Waals surface area contributed by atoms with Gasteiger partial charge in [0, 0.05) is 19.1 Å². The van der Waals surface area contributed by atoms with Gasteiger partial charge in [0.15, 0.2) is 0 Å². The first-order valence-corrected chi connectivity index (χ1v) is 8.33. The van der Waals surface area contributed by atoms with E-state index in [2.05, 4.69) is 0 Å². The van der Waals surface area contributed by atoms with Gasteiger partial charge in [-0.05, 0) is 38.0 Å². The molecule has 0 aromatic rings. The van der Waals surface area contributed by atoms with Crippen LogP contribution in [0.25, 0.3) is 0 Å². The standard InChI is InChI=1S/C12H24N2O2S/c1-10(13)12-4-7-14(8-5-12)17(15,16)9-6-11-2-3-11/h10-12H,2-9,13H2,1H3. The van der Waals surface area contributed by atoms with Crippen LogP contribution in [0.1, 0.15) is 39.0 Å². The quantitative estimate of drug-likeness (QED) is 0.807. The fourth-order valence-corrected chi connectivity index (χ4v) is 4.19. The van der Waals surface area contributed by atoms with Gasteiger partial charge < -0.3 is 5.73 Å². The molecule has 2 aliphatic rings. The van der Waals surface area contributed by atoms with E-state index in [4.69, 9.17) is 5.73 Å². The first kappa shape index (κ1) is 13.3. The number of rotatable bonds is 5. The Labute approximate surface area is 105 Å². The van der Waals surface area contributed by atoms with Crippen molar-refractivity contribution in [2.24, 2.45) is 17.6 Å². The predicted molar refractivity (Wildman–Crippen MR) is 69.1 cm³/mol. The Bertz CT molecular complexity index is 342. The van der Waals surface area contributed by atoms with Crippen molar-refractivity contribution in [3.8, 4) is 0 Å². The van der Waals surface area contributed by atoms with Crippen LogP contribution in [0.2, 0.25) is 0 Å². The normalized spacial score (nSPS) is 26.0. The summed E-state index contributed by atoms with van der Waals surface area (Å²) >= 11 is 0. The summed E-state index contributed by atoms with van der Waals surface area (Å²) in [5, 5.41) is 0. The summed E-state index contributed by atoms with van der Waals surface area (Å²) in [5.41, 5.74) is 5.86. The lowest BCUT2D eigenvalue weighted by molar-refractivity contribution is 0.250. The lowest BCUT2D eigenvalue weighted by Gasteiger charge is -2.32. The average Bonchev–Trinajstić information content (AvgIpc) is 3.10. The van der Waals surface area contributed by atoms with Crippen LogP contribution in [-0.4, -0.2) is 37.6 Å². The maximum Gasteiger partial charge on any atom is 0.214 e. The lowest BCUT2D eigenvalue weighted by Crippen LogP contribution is -2.43. The van der Waals surface area contributed by atoms with Crippen LogP contribution in [-0.2, 0) is 10.0 Å². The first-order chi connectivity index (χ1) is 7.99. The number of nitrogens with two attached hydrogens (primary N) is 1. The highest BCUT2D eigenvalue weighted by atomic mass is 32.2. The molecule has 1 aliphatic carbocycles. The van der Waals surface area contributed by atoms with Crippen molar-refractivity contribution in [2.75, 3.05) is 18.8 Å². The van der Waals surface area contributed by atoms with E-state index in [0.29, 0.717) is 30.7 Å². The van der Waals surface area contributed by atoms with Crippen LogP contribution in [0, 0.1) is 11.8 Å². The molecule has 2 rings (SSSR count). The minimum absolute atomic E-state index is 0.186. The fraction of sp³-hybridized carbons (Fsp3) is 1.00. The molecule has 17 heavy (non-hydrogen) atoms. The molecule has 0 bridgehead atoms. The number of piperidine rings is 1. The topological polar surface area (TPSA) is 63.4 Å². The third-order valence-corrected chi connectivity index (χ3v) is 6.02. The van der Waals surface area contributed by atoms with Crippen molar-refractivity contribution in [2.45, 2.75) is 45.1 Å². The molecule has 0 spiro atoms. The molecule has 1 atom stereocenters. The molecule has 0 radical (unpaired) electrons. The van der Waals surface area contributed by atoms with Crippen molar-refractivity contribution in [3.05, 3.63) is 0 Å². The Balaban J connectivity index is 1.81. The fourth-order valence-electron chi connectivity index (χ4n) is 2.53. The van der Waals surface area contributed by atoms with Gasteiger partial charge in [-0.3, -0.25) is 0 Å². The second kappa shape index (κ2) is 5.24. The first-order valence-electron chi connectivity index (χ1n) is 6.72. The zero-order chi connectivity index (χ0) is 12.5. The zero-order valence-corrected chi connectivity index (χ0v) is 11.5. The van der Waals surface area contributed by atoms with Crippen LogP contribution >= 0.6 is 0 Å². The summed E-state index contributed by atoms with van der Waals surface area (Å²) < 4.78 is 25.9. The van der Waals surface area contributed by atoms with Gasteiger partial charge in [-0.25, -0.2) is 12.7 Å². The van der Waals surface area contributed by atoms with Gasteiger partial charge in [0.05, 0.1) is 5.75 Å². The Morgan fingerprint density at radius 1 is 1.24 bits per heavy atom. The summed E-state index contributed by atoms with van der Waals surface area (Å²) in [5.74, 6) is 1.52. The molecule has 2 fully saturated rings. The molecular weight excluding hydrogens is 236 g/mol. The summed E-state index contributed by atoms with van der Waals surface area (Å²) in [6.45, 7) is 3.35. The summed E-state index contributed by atoms with van der Waals surface area (Å²) in [6.07, 6.45) is 5.14. The van der Waals surface area contributed by atoms with E-state index >= 15 is 0 Å². The van der Waals surface area contributed by atoms with Gasteiger partial charge in [0.1, 0.15) is 0 Å². The Hall–Kier alpha value is -0.130. The van der Waals surface area contributed by atoms with Gasteiger partial charge in [0.2, 0.25) is 10.0 Å². The van der Waals surface area contributed by atoms with Gasteiger partial charge in [-0.15, -0.1) is 0 Å². The maximum atomic E-state index is 12.1. The molecule has 0 aromatic carbocycles. The van der Waals surface area contributed by atoms with Gasteiger partial charge in [-0.1, -0.05) is 12.8 Å². The van der Waals surface area contributed by atoms with E-state index in [0.717, 1.165) is 19.3 Å². The molecule has 1 unspecified atom stereocenters. The minimum Gasteiger partial charge on any atom is -0.328 e. The highest BCUT2D eigenvalue weighted by molar-refractivity contribution is 7.89. The lowest BCUT2D eigenvalue weighted by atomic mass is 9.92. The number of nitrogens with zero attached hydrogens (tertiary/aromatic N) is 1. The van der Waals surface area contributed by atoms with E-state index in [9.17, 15) is 8.42 Å². The summed E-state index contributed by atoms with van der Waals surface area (Å²) in [4.78, 5) is 0. The van der Waals surface area contributed by atoms with Crippen molar-refractivity contribution in [1.82, 2.24) is 4.31 Å². The average molecular weight is 260 g/mol. The van der Waals surface area contributed by atoms with Crippen LogP contribution in [0.4, 0.5) is 0 Å². The predicted octanol–water partition coefficient (Wildman–Crippen LogP) is 1.18. The zero-order valence-electron chi connectivity index (χ0n) is 10.6. The SMILES string of the molecule is CC(N)C1CCN(S(=O)(=O)CCC2CC2)CC1.